The summed E-state index contributed by atoms with van der Waals surface area (Å²) in [6.07, 6.45) is 0. The first kappa shape index (κ1) is 14.6. The summed E-state index contributed by atoms with van der Waals surface area (Å²) in [4.78, 5) is 13.4. The molecule has 1 atom stereocenters. The second-order valence-corrected chi connectivity index (χ2v) is 4.34. The molecular weight excluding hydrogens is 250 g/mol. The molecule has 1 rings (SSSR count). The summed E-state index contributed by atoms with van der Waals surface area (Å²) in [5.74, 6) is 4.75. The van der Waals surface area contributed by atoms with E-state index in [4.69, 9.17) is 11.6 Å². The van der Waals surface area contributed by atoms with E-state index in [1.807, 2.05) is 18.2 Å². The van der Waals surface area contributed by atoms with Crippen LogP contribution in [-0.4, -0.2) is 28.6 Å². The smallest absolute Gasteiger partial charge is 0.299 e. The van der Waals surface area contributed by atoms with Crippen molar-refractivity contribution in [3.63, 3.8) is 0 Å². The molecule has 4 heteroatoms. The number of hydrogen-bond acceptors (Lipinski definition) is 2. The molecule has 0 aromatic heterocycles. The van der Waals surface area contributed by atoms with Crippen molar-refractivity contribution in [1.29, 1.82) is 0 Å². The van der Waals surface area contributed by atoms with Crippen LogP contribution in [-0.2, 0) is 11.3 Å². The molecule has 0 aliphatic rings. The number of halogens is 1. The van der Waals surface area contributed by atoms with Crippen LogP contribution < -0.4 is 0 Å². The maximum absolute atomic E-state index is 11.9. The highest BCUT2D eigenvalue weighted by molar-refractivity contribution is 6.31. The second kappa shape index (κ2) is 7.05. The first-order chi connectivity index (χ1) is 8.60. The van der Waals surface area contributed by atoms with Crippen LogP contribution in [0.5, 0.6) is 0 Å². The first-order valence-electron chi connectivity index (χ1n) is 5.67. The van der Waals surface area contributed by atoms with Gasteiger partial charge in [-0.1, -0.05) is 35.7 Å². The topological polar surface area (TPSA) is 40.5 Å². The summed E-state index contributed by atoms with van der Waals surface area (Å²) in [5.41, 5.74) is 0.839. The summed E-state index contributed by atoms with van der Waals surface area (Å²) < 4.78 is 0. The highest BCUT2D eigenvalue weighted by atomic mass is 35.5. The van der Waals surface area contributed by atoms with E-state index in [0.717, 1.165) is 5.56 Å². The quantitative estimate of drug-likeness (QED) is 0.847. The Kier molecular flexibility index (Phi) is 5.70. The number of carbonyl (C=O) groups is 1. The van der Waals surface area contributed by atoms with Gasteiger partial charge < -0.3 is 10.0 Å². The van der Waals surface area contributed by atoms with Gasteiger partial charge in [0, 0.05) is 11.6 Å². The molecule has 1 amide bonds. The molecule has 1 aromatic carbocycles. The summed E-state index contributed by atoms with van der Waals surface area (Å²) in [6.45, 7) is 3.61. The molecule has 18 heavy (non-hydrogen) atoms. The first-order valence-corrected chi connectivity index (χ1v) is 6.05. The Hall–Kier alpha value is -1.50. The number of nitrogens with zero attached hydrogens (tertiary/aromatic N) is 1. The number of benzene rings is 1. The van der Waals surface area contributed by atoms with Crippen molar-refractivity contribution in [3.05, 3.63) is 34.9 Å². The van der Waals surface area contributed by atoms with E-state index in [9.17, 15) is 9.90 Å². The zero-order valence-electron chi connectivity index (χ0n) is 10.5. The van der Waals surface area contributed by atoms with E-state index in [1.165, 1.54) is 4.90 Å². The van der Waals surface area contributed by atoms with Crippen LogP contribution >= 0.6 is 11.6 Å². The fourth-order valence-corrected chi connectivity index (χ4v) is 1.71. The second-order valence-electron chi connectivity index (χ2n) is 3.93. The Balaban J connectivity index is 2.94. The lowest BCUT2D eigenvalue weighted by Crippen LogP contribution is -2.39. The highest BCUT2D eigenvalue weighted by Crippen LogP contribution is 2.18. The maximum atomic E-state index is 11.9. The fourth-order valence-electron chi connectivity index (χ4n) is 1.52. The SMILES string of the molecule is CC#CC(=O)N(Cc1ccccc1Cl)C(C)CO. The van der Waals surface area contributed by atoms with Gasteiger partial charge in [-0.05, 0) is 31.4 Å². The Labute approximate surface area is 112 Å². The van der Waals surface area contributed by atoms with E-state index in [2.05, 4.69) is 11.8 Å². The van der Waals surface area contributed by atoms with Gasteiger partial charge in [0.15, 0.2) is 0 Å². The fraction of sp³-hybridized carbons (Fsp3) is 0.357. The zero-order chi connectivity index (χ0) is 13.5. The van der Waals surface area contributed by atoms with Gasteiger partial charge in [0.1, 0.15) is 0 Å². The van der Waals surface area contributed by atoms with Crippen LogP contribution in [0.4, 0.5) is 0 Å². The lowest BCUT2D eigenvalue weighted by molar-refractivity contribution is -0.128. The molecule has 0 aliphatic heterocycles. The standard InChI is InChI=1S/C14H16ClNO2/c1-3-6-14(18)16(11(2)10-17)9-12-7-4-5-8-13(12)15/h4-5,7-8,11,17H,9-10H2,1-2H3. The van der Waals surface area contributed by atoms with Gasteiger partial charge in [0.25, 0.3) is 5.91 Å². The number of amides is 1. The Morgan fingerprint density at radius 3 is 2.72 bits per heavy atom. The third-order valence-electron chi connectivity index (χ3n) is 2.59. The minimum absolute atomic E-state index is 0.110. The highest BCUT2D eigenvalue weighted by Gasteiger charge is 2.19. The van der Waals surface area contributed by atoms with E-state index in [0.29, 0.717) is 11.6 Å². The van der Waals surface area contributed by atoms with Crippen molar-refractivity contribution in [2.75, 3.05) is 6.61 Å². The molecule has 0 saturated carbocycles. The molecule has 0 saturated heterocycles. The minimum Gasteiger partial charge on any atom is -0.394 e. The predicted octanol–water partition coefficient (Wildman–Crippen LogP) is 2.07. The molecule has 1 N–H and O–H groups in total. The van der Waals surface area contributed by atoms with Gasteiger partial charge >= 0.3 is 0 Å². The van der Waals surface area contributed by atoms with Crippen molar-refractivity contribution < 1.29 is 9.90 Å². The van der Waals surface area contributed by atoms with Gasteiger partial charge in [0.2, 0.25) is 0 Å². The molecule has 3 nitrogen and oxygen atoms in total. The summed E-state index contributed by atoms with van der Waals surface area (Å²) in [7, 11) is 0. The van der Waals surface area contributed by atoms with Crippen LogP contribution in [0.3, 0.4) is 0 Å². The number of rotatable bonds is 4. The van der Waals surface area contributed by atoms with Crippen molar-refractivity contribution in [1.82, 2.24) is 4.90 Å². The van der Waals surface area contributed by atoms with Crippen LogP contribution in [0.25, 0.3) is 0 Å². The van der Waals surface area contributed by atoms with Crippen LogP contribution in [0.2, 0.25) is 5.02 Å². The number of aliphatic hydroxyl groups is 1. The van der Waals surface area contributed by atoms with Crippen molar-refractivity contribution >= 4 is 17.5 Å². The van der Waals surface area contributed by atoms with Gasteiger partial charge in [-0.2, -0.15) is 0 Å². The van der Waals surface area contributed by atoms with Crippen molar-refractivity contribution in [3.8, 4) is 11.8 Å². The van der Waals surface area contributed by atoms with Gasteiger partial charge in [-0.15, -0.1) is 0 Å². The summed E-state index contributed by atoms with van der Waals surface area (Å²) >= 11 is 6.06. The molecule has 0 fully saturated rings. The Bertz CT molecular complexity index is 476. The Morgan fingerprint density at radius 2 is 2.17 bits per heavy atom. The predicted molar refractivity (Wildman–Crippen MR) is 72.0 cm³/mol. The molecule has 0 radical (unpaired) electrons. The number of aliphatic hydroxyl groups excluding tert-OH is 1. The average molecular weight is 266 g/mol. The van der Waals surface area contributed by atoms with E-state index >= 15 is 0 Å². The molecule has 1 aromatic rings. The van der Waals surface area contributed by atoms with E-state index in [-0.39, 0.29) is 18.6 Å². The molecule has 96 valence electrons. The zero-order valence-corrected chi connectivity index (χ0v) is 11.2. The molecular formula is C14H16ClNO2. The van der Waals surface area contributed by atoms with Gasteiger partial charge in [0.05, 0.1) is 12.6 Å². The van der Waals surface area contributed by atoms with Gasteiger partial charge in [-0.25, -0.2) is 0 Å². The normalized spacial score (nSPS) is 11.3. The monoisotopic (exact) mass is 265 g/mol. The minimum atomic E-state index is -0.307. The van der Waals surface area contributed by atoms with E-state index < -0.39 is 0 Å². The summed E-state index contributed by atoms with van der Waals surface area (Å²) in [5, 5.41) is 9.80. The van der Waals surface area contributed by atoms with Crippen molar-refractivity contribution in [2.24, 2.45) is 0 Å². The average Bonchev–Trinajstić information content (AvgIpc) is 2.37. The summed E-state index contributed by atoms with van der Waals surface area (Å²) in [6, 6.07) is 7.02. The Morgan fingerprint density at radius 1 is 1.50 bits per heavy atom. The largest absolute Gasteiger partial charge is 0.394 e. The third kappa shape index (κ3) is 3.76. The lowest BCUT2D eigenvalue weighted by atomic mass is 10.2. The van der Waals surface area contributed by atoms with Crippen LogP contribution in [0.1, 0.15) is 19.4 Å². The van der Waals surface area contributed by atoms with E-state index in [1.54, 1.807) is 19.9 Å². The van der Waals surface area contributed by atoms with Gasteiger partial charge in [-0.3, -0.25) is 4.79 Å². The van der Waals surface area contributed by atoms with Crippen LogP contribution in [0.15, 0.2) is 24.3 Å². The van der Waals surface area contributed by atoms with Crippen LogP contribution in [0, 0.1) is 11.8 Å². The molecule has 0 heterocycles. The van der Waals surface area contributed by atoms with Crippen molar-refractivity contribution in [2.45, 2.75) is 26.4 Å². The third-order valence-corrected chi connectivity index (χ3v) is 2.96. The maximum Gasteiger partial charge on any atom is 0.299 e. The molecule has 1 unspecified atom stereocenters. The number of carbonyl (C=O) groups excluding carboxylic acids is 1. The molecule has 0 aliphatic carbocycles. The number of hydrogen-bond donors (Lipinski definition) is 1. The molecule has 0 bridgehead atoms. The molecule has 0 spiro atoms. The lowest BCUT2D eigenvalue weighted by Gasteiger charge is -2.26.